The fourth-order valence-electron chi connectivity index (χ4n) is 6.66. The van der Waals surface area contributed by atoms with Gasteiger partial charge in [0.25, 0.3) is 0 Å². The molecule has 0 fully saturated rings. The summed E-state index contributed by atoms with van der Waals surface area (Å²) in [6, 6.07) is 35.9. The number of para-hydroxylation sites is 2. The lowest BCUT2D eigenvalue weighted by atomic mass is 9.45. The van der Waals surface area contributed by atoms with Crippen molar-refractivity contribution >= 4 is 56.8 Å². The zero-order valence-electron chi connectivity index (χ0n) is 22.2. The molecular weight excluding hydrogens is 461 g/mol. The molecule has 6 aromatic rings. The summed E-state index contributed by atoms with van der Waals surface area (Å²) in [5.41, 5.74) is 15.0. The third-order valence-electron chi connectivity index (χ3n) is 8.40. The summed E-state index contributed by atoms with van der Waals surface area (Å²) in [5, 5.41) is 1.23. The molecule has 2 aliphatic heterocycles. The van der Waals surface area contributed by atoms with E-state index >= 15 is 0 Å². The molecule has 2 aliphatic rings. The highest BCUT2D eigenvalue weighted by molar-refractivity contribution is 6.90. The molecule has 0 radical (unpaired) electrons. The predicted molar refractivity (Wildman–Crippen MR) is 161 cm³/mol. The van der Waals surface area contributed by atoms with Gasteiger partial charge in [0.05, 0.1) is 11.0 Å². The first kappa shape index (κ1) is 21.7. The molecule has 3 nitrogen and oxygen atoms in total. The number of aromatic nitrogens is 2. The summed E-state index contributed by atoms with van der Waals surface area (Å²) < 4.78 is 2.57. The van der Waals surface area contributed by atoms with Crippen LogP contribution in [-0.2, 0) is 5.41 Å². The quantitative estimate of drug-likeness (QED) is 0.227. The molecule has 38 heavy (non-hydrogen) atoms. The second-order valence-electron chi connectivity index (χ2n) is 11.7. The van der Waals surface area contributed by atoms with Crippen LogP contribution in [0.15, 0.2) is 97.1 Å². The predicted octanol–water partition coefficient (Wildman–Crippen LogP) is 7.21. The largest absolute Gasteiger partial charge is 0.374 e. The second-order valence-corrected chi connectivity index (χ2v) is 11.7. The van der Waals surface area contributed by atoms with Crippen molar-refractivity contribution in [3.63, 3.8) is 0 Å². The Balaban J connectivity index is 1.55. The van der Waals surface area contributed by atoms with Crippen molar-refractivity contribution in [2.75, 3.05) is 4.90 Å². The molecule has 0 saturated heterocycles. The van der Waals surface area contributed by atoms with E-state index in [-0.39, 0.29) is 12.3 Å². The minimum absolute atomic E-state index is 0.0491. The Morgan fingerprint density at radius 2 is 1.53 bits per heavy atom. The van der Waals surface area contributed by atoms with Crippen molar-refractivity contribution in [1.82, 2.24) is 9.46 Å². The van der Waals surface area contributed by atoms with Crippen LogP contribution < -0.4 is 15.8 Å². The molecule has 0 amide bonds. The molecule has 0 bridgehead atoms. The van der Waals surface area contributed by atoms with E-state index in [0.29, 0.717) is 0 Å². The molecule has 0 spiro atoms. The maximum Gasteiger partial charge on any atom is 0.333 e. The van der Waals surface area contributed by atoms with Gasteiger partial charge in [0.1, 0.15) is 0 Å². The van der Waals surface area contributed by atoms with Gasteiger partial charge in [0, 0.05) is 39.2 Å². The zero-order chi connectivity index (χ0) is 25.8. The van der Waals surface area contributed by atoms with Crippen LogP contribution in [0.4, 0.5) is 17.1 Å². The van der Waals surface area contributed by atoms with E-state index in [9.17, 15) is 0 Å². The summed E-state index contributed by atoms with van der Waals surface area (Å²) in [6.07, 6.45) is 0. The molecule has 8 rings (SSSR count). The third-order valence-corrected chi connectivity index (χ3v) is 8.40. The SMILES string of the molecule is Cc1ccc2c(n1)c1cccc3c1n2B1c2ccc(C(C)(C)C)cc2N(c2ccccc2)c2cccc-3c21. The van der Waals surface area contributed by atoms with Gasteiger partial charge in [0.15, 0.2) is 0 Å². The number of benzene rings is 4. The average Bonchev–Trinajstić information content (AvgIpc) is 3.24. The van der Waals surface area contributed by atoms with E-state index in [1.54, 1.807) is 0 Å². The first-order valence-electron chi connectivity index (χ1n) is 13.4. The van der Waals surface area contributed by atoms with Crippen LogP contribution in [0, 0.1) is 6.92 Å². The van der Waals surface area contributed by atoms with Crippen molar-refractivity contribution in [3.8, 4) is 11.1 Å². The van der Waals surface area contributed by atoms with Crippen LogP contribution in [0.25, 0.3) is 33.1 Å². The van der Waals surface area contributed by atoms with Crippen LogP contribution in [0.1, 0.15) is 32.0 Å². The molecule has 0 unspecified atom stereocenters. The van der Waals surface area contributed by atoms with Crippen LogP contribution in [-0.4, -0.2) is 16.3 Å². The summed E-state index contributed by atoms with van der Waals surface area (Å²) in [5.74, 6) is 0. The average molecular weight is 489 g/mol. The summed E-state index contributed by atoms with van der Waals surface area (Å²) >= 11 is 0. The Kier molecular flexibility index (Phi) is 4.23. The van der Waals surface area contributed by atoms with Crippen molar-refractivity contribution in [2.24, 2.45) is 0 Å². The lowest BCUT2D eigenvalue weighted by Gasteiger charge is -2.41. The number of pyridine rings is 1. The van der Waals surface area contributed by atoms with Gasteiger partial charge >= 0.3 is 6.85 Å². The lowest BCUT2D eigenvalue weighted by molar-refractivity contribution is 0.590. The Bertz CT molecular complexity index is 1930. The fourth-order valence-corrected chi connectivity index (χ4v) is 6.66. The molecule has 4 aromatic carbocycles. The third kappa shape index (κ3) is 2.78. The fraction of sp³-hybridized carbons (Fsp3) is 0.147. The molecule has 0 atom stereocenters. The van der Waals surface area contributed by atoms with Gasteiger partial charge in [0.2, 0.25) is 0 Å². The van der Waals surface area contributed by atoms with Gasteiger partial charge < -0.3 is 9.38 Å². The summed E-state index contributed by atoms with van der Waals surface area (Å²) in [4.78, 5) is 7.52. The Morgan fingerprint density at radius 3 is 2.34 bits per heavy atom. The number of aryl methyl sites for hydroxylation is 1. The van der Waals surface area contributed by atoms with E-state index in [1.165, 1.54) is 61.1 Å². The van der Waals surface area contributed by atoms with Crippen molar-refractivity contribution < 1.29 is 0 Å². The molecule has 0 N–H and O–H groups in total. The normalized spacial score (nSPS) is 13.7. The highest BCUT2D eigenvalue weighted by Crippen LogP contribution is 2.45. The lowest BCUT2D eigenvalue weighted by Crippen LogP contribution is -2.56. The van der Waals surface area contributed by atoms with E-state index in [4.69, 9.17) is 4.98 Å². The standard InChI is InChI=1S/C34H28BN3/c1-21-16-19-29-32(36-21)26-14-8-13-25-24-12-9-15-28-31(24)35(38(29)33(25)26)27-18-17-22(34(2,3)4)20-30(27)37(28)23-10-6-5-7-11-23/h5-20H,1-4H3. The molecule has 0 aliphatic carbocycles. The number of anilines is 3. The van der Waals surface area contributed by atoms with Gasteiger partial charge in [-0.2, -0.15) is 0 Å². The van der Waals surface area contributed by atoms with Gasteiger partial charge in [-0.05, 0) is 70.8 Å². The highest BCUT2D eigenvalue weighted by Gasteiger charge is 2.42. The number of hydrogen-bond donors (Lipinski definition) is 0. The maximum absolute atomic E-state index is 5.05. The molecule has 2 aromatic heterocycles. The Morgan fingerprint density at radius 1 is 0.737 bits per heavy atom. The number of rotatable bonds is 1. The Labute approximate surface area is 223 Å². The summed E-state index contributed by atoms with van der Waals surface area (Å²) in [7, 11) is 0. The maximum atomic E-state index is 5.05. The van der Waals surface area contributed by atoms with E-state index in [0.717, 1.165) is 11.2 Å². The first-order valence-corrected chi connectivity index (χ1v) is 13.4. The van der Waals surface area contributed by atoms with Gasteiger partial charge in [-0.25, -0.2) is 0 Å². The minimum Gasteiger partial charge on any atom is -0.374 e. The Hall–Kier alpha value is -4.31. The number of nitrogens with zero attached hydrogens (tertiary/aromatic N) is 3. The molecule has 182 valence electrons. The first-order chi connectivity index (χ1) is 18.4. The topological polar surface area (TPSA) is 21.1 Å². The molecule has 4 heterocycles. The second kappa shape index (κ2) is 7.38. The molecule has 0 saturated carbocycles. The minimum atomic E-state index is 0.0491. The van der Waals surface area contributed by atoms with E-state index in [1.807, 2.05) is 0 Å². The van der Waals surface area contributed by atoms with Gasteiger partial charge in [-0.1, -0.05) is 81.4 Å². The molecular formula is C34H28BN3. The summed E-state index contributed by atoms with van der Waals surface area (Å²) in [6.45, 7) is 9.05. The van der Waals surface area contributed by atoms with Gasteiger partial charge in [-0.15, -0.1) is 0 Å². The van der Waals surface area contributed by atoms with E-state index in [2.05, 4.69) is 134 Å². The highest BCUT2D eigenvalue weighted by atomic mass is 15.2. The number of hydrogen-bond acceptors (Lipinski definition) is 2. The van der Waals surface area contributed by atoms with Crippen LogP contribution >= 0.6 is 0 Å². The van der Waals surface area contributed by atoms with Crippen molar-refractivity contribution in [1.29, 1.82) is 0 Å². The van der Waals surface area contributed by atoms with Crippen LogP contribution in [0.5, 0.6) is 0 Å². The number of fused-ring (bicyclic) bond motifs is 7. The van der Waals surface area contributed by atoms with E-state index < -0.39 is 0 Å². The smallest absolute Gasteiger partial charge is 0.333 e. The van der Waals surface area contributed by atoms with Crippen LogP contribution in [0.2, 0.25) is 0 Å². The van der Waals surface area contributed by atoms with Crippen molar-refractivity contribution in [3.05, 3.63) is 108 Å². The zero-order valence-corrected chi connectivity index (χ0v) is 22.2. The van der Waals surface area contributed by atoms with Crippen LogP contribution in [0.3, 0.4) is 0 Å². The monoisotopic (exact) mass is 489 g/mol. The van der Waals surface area contributed by atoms with Crippen molar-refractivity contribution in [2.45, 2.75) is 33.1 Å². The van der Waals surface area contributed by atoms with Gasteiger partial charge in [-0.3, -0.25) is 4.98 Å². The molecule has 4 heteroatoms.